The first-order chi connectivity index (χ1) is 11.6. The molecule has 0 aromatic carbocycles. The van der Waals surface area contributed by atoms with Crippen LogP contribution in [0.3, 0.4) is 0 Å². The molecule has 0 aromatic rings. The van der Waals surface area contributed by atoms with Crippen molar-refractivity contribution in [1.82, 2.24) is 20.4 Å². The number of amides is 2. The van der Waals surface area contributed by atoms with E-state index in [0.29, 0.717) is 25.6 Å². The van der Waals surface area contributed by atoms with Gasteiger partial charge in [-0.15, -0.1) is 12.4 Å². The number of hydrogen-bond acceptors (Lipinski definition) is 5. The predicted molar refractivity (Wildman–Crippen MR) is 100.0 cm³/mol. The van der Waals surface area contributed by atoms with Crippen LogP contribution in [-0.2, 0) is 14.3 Å². The van der Waals surface area contributed by atoms with Crippen molar-refractivity contribution in [3.63, 3.8) is 0 Å². The molecule has 0 radical (unpaired) electrons. The van der Waals surface area contributed by atoms with Crippen LogP contribution >= 0.6 is 12.4 Å². The van der Waals surface area contributed by atoms with Crippen LogP contribution in [0.2, 0.25) is 0 Å². The molecule has 2 N–H and O–H groups in total. The van der Waals surface area contributed by atoms with Gasteiger partial charge in [0.2, 0.25) is 11.8 Å². The monoisotopic (exact) mass is 376 g/mol. The van der Waals surface area contributed by atoms with E-state index in [2.05, 4.69) is 22.5 Å². The van der Waals surface area contributed by atoms with Crippen molar-refractivity contribution in [2.75, 3.05) is 59.5 Å². The number of piperidine rings is 1. The zero-order valence-electron chi connectivity index (χ0n) is 15.5. The summed E-state index contributed by atoms with van der Waals surface area (Å²) in [6, 6.07) is 0.434. The maximum Gasteiger partial charge on any atom is 0.224 e. The van der Waals surface area contributed by atoms with Crippen LogP contribution in [0.1, 0.15) is 26.2 Å². The van der Waals surface area contributed by atoms with Crippen molar-refractivity contribution >= 4 is 24.2 Å². The molecule has 0 aliphatic carbocycles. The fourth-order valence-corrected chi connectivity index (χ4v) is 3.44. The number of nitrogens with one attached hydrogen (secondary N) is 2. The third-order valence-corrected chi connectivity index (χ3v) is 5.07. The molecule has 2 aliphatic rings. The molecule has 2 saturated heterocycles. The third kappa shape index (κ3) is 7.09. The van der Waals surface area contributed by atoms with Crippen LogP contribution in [0, 0.1) is 5.92 Å². The largest absolute Gasteiger partial charge is 0.383 e. The Hall–Kier alpha value is -0.890. The Balaban J connectivity index is 0.00000312. The Morgan fingerprint density at radius 3 is 2.64 bits per heavy atom. The van der Waals surface area contributed by atoms with Crippen molar-refractivity contribution in [2.24, 2.45) is 5.92 Å². The van der Waals surface area contributed by atoms with E-state index in [4.69, 9.17) is 4.74 Å². The lowest BCUT2D eigenvalue weighted by molar-refractivity contribution is -0.132. The number of likely N-dealkylation sites (tertiary alicyclic amines) is 1. The maximum absolute atomic E-state index is 12.3. The highest BCUT2D eigenvalue weighted by Gasteiger charge is 2.30. The number of halogens is 1. The average molecular weight is 377 g/mol. The van der Waals surface area contributed by atoms with Crippen LogP contribution in [0.25, 0.3) is 0 Å². The van der Waals surface area contributed by atoms with Gasteiger partial charge in [-0.25, -0.2) is 0 Å². The first-order valence-electron chi connectivity index (χ1n) is 9.11. The van der Waals surface area contributed by atoms with Crippen molar-refractivity contribution in [2.45, 2.75) is 32.2 Å². The van der Waals surface area contributed by atoms with Gasteiger partial charge in [-0.3, -0.25) is 14.5 Å². The number of ether oxygens (including phenoxy) is 1. The molecule has 0 bridgehead atoms. The van der Waals surface area contributed by atoms with E-state index < -0.39 is 0 Å². The number of piperazine rings is 1. The fraction of sp³-hybridized carbons (Fsp3) is 0.882. The summed E-state index contributed by atoms with van der Waals surface area (Å²) in [5.41, 5.74) is 0. The van der Waals surface area contributed by atoms with Crippen molar-refractivity contribution in [3.8, 4) is 0 Å². The van der Waals surface area contributed by atoms with Gasteiger partial charge in [-0.1, -0.05) is 0 Å². The summed E-state index contributed by atoms with van der Waals surface area (Å²) in [5.74, 6) is 0.361. The van der Waals surface area contributed by atoms with Gasteiger partial charge >= 0.3 is 0 Å². The van der Waals surface area contributed by atoms with E-state index in [0.717, 1.165) is 52.1 Å². The Morgan fingerprint density at radius 2 is 1.96 bits per heavy atom. The summed E-state index contributed by atoms with van der Waals surface area (Å²) in [6.07, 6.45) is 2.47. The number of carbonyl (C=O) groups excluding carboxylic acids is 2. The van der Waals surface area contributed by atoms with Gasteiger partial charge < -0.3 is 20.3 Å². The van der Waals surface area contributed by atoms with Crippen LogP contribution in [0.4, 0.5) is 0 Å². The second-order valence-electron chi connectivity index (χ2n) is 6.78. The zero-order chi connectivity index (χ0) is 17.4. The summed E-state index contributed by atoms with van der Waals surface area (Å²) in [4.78, 5) is 28.8. The average Bonchev–Trinajstić information content (AvgIpc) is 2.61. The van der Waals surface area contributed by atoms with E-state index in [-0.39, 0.29) is 30.1 Å². The second kappa shape index (κ2) is 11.7. The van der Waals surface area contributed by atoms with Gasteiger partial charge in [0.1, 0.15) is 0 Å². The van der Waals surface area contributed by atoms with E-state index in [1.165, 1.54) is 0 Å². The van der Waals surface area contributed by atoms with E-state index in [9.17, 15) is 9.59 Å². The number of carbonyl (C=O) groups is 2. The Bertz CT molecular complexity index is 419. The predicted octanol–water partition coefficient (Wildman–Crippen LogP) is 0.0932. The minimum absolute atomic E-state index is 0. The molecule has 2 unspecified atom stereocenters. The summed E-state index contributed by atoms with van der Waals surface area (Å²) in [5, 5.41) is 6.20. The smallest absolute Gasteiger partial charge is 0.224 e. The van der Waals surface area contributed by atoms with Crippen molar-refractivity contribution < 1.29 is 14.3 Å². The lowest BCUT2D eigenvalue weighted by Crippen LogP contribution is -2.50. The molecule has 2 fully saturated rings. The molecule has 25 heavy (non-hydrogen) atoms. The molecular weight excluding hydrogens is 344 g/mol. The highest BCUT2D eigenvalue weighted by Crippen LogP contribution is 2.22. The summed E-state index contributed by atoms with van der Waals surface area (Å²) < 4.78 is 4.97. The Morgan fingerprint density at radius 1 is 1.24 bits per heavy atom. The van der Waals surface area contributed by atoms with Gasteiger partial charge in [-0.05, 0) is 19.8 Å². The highest BCUT2D eigenvalue weighted by atomic mass is 35.5. The van der Waals surface area contributed by atoms with Gasteiger partial charge in [0.15, 0.2) is 0 Å². The lowest BCUT2D eigenvalue weighted by atomic mass is 9.92. The minimum atomic E-state index is 0. The fourth-order valence-electron chi connectivity index (χ4n) is 3.44. The third-order valence-electron chi connectivity index (χ3n) is 5.07. The van der Waals surface area contributed by atoms with E-state index in [1.54, 1.807) is 7.11 Å². The molecule has 2 amide bonds. The number of rotatable bonds is 7. The van der Waals surface area contributed by atoms with Crippen LogP contribution in [-0.4, -0.2) is 87.2 Å². The molecular formula is C17H33ClN4O3. The lowest BCUT2D eigenvalue weighted by Gasteiger charge is -2.37. The maximum atomic E-state index is 12.3. The highest BCUT2D eigenvalue weighted by molar-refractivity contribution is 5.85. The SMILES string of the molecule is COCCNC(=O)C1CCC(C)N(CCC(=O)N2CCNCC2)C1.Cl. The molecule has 7 nitrogen and oxygen atoms in total. The number of hydrogen-bond donors (Lipinski definition) is 2. The molecule has 8 heteroatoms. The second-order valence-corrected chi connectivity index (χ2v) is 6.78. The molecule has 2 atom stereocenters. The molecule has 2 rings (SSSR count). The van der Waals surface area contributed by atoms with Gasteiger partial charge in [0, 0.05) is 65.4 Å². The van der Waals surface area contributed by atoms with Gasteiger partial charge in [0.25, 0.3) is 0 Å². The van der Waals surface area contributed by atoms with Gasteiger partial charge in [0.05, 0.1) is 12.5 Å². The Kier molecular flexibility index (Phi) is 10.3. The number of methoxy groups -OCH3 is 1. The molecule has 2 aliphatic heterocycles. The minimum Gasteiger partial charge on any atom is -0.383 e. The first-order valence-corrected chi connectivity index (χ1v) is 9.11. The van der Waals surface area contributed by atoms with Crippen LogP contribution in [0.5, 0.6) is 0 Å². The van der Waals surface area contributed by atoms with Crippen molar-refractivity contribution in [1.29, 1.82) is 0 Å². The summed E-state index contributed by atoms with van der Waals surface area (Å²) in [6.45, 7) is 8.15. The van der Waals surface area contributed by atoms with Crippen LogP contribution in [0.15, 0.2) is 0 Å². The normalized spacial score (nSPS) is 24.5. The summed E-state index contributed by atoms with van der Waals surface area (Å²) >= 11 is 0. The van der Waals surface area contributed by atoms with E-state index >= 15 is 0 Å². The molecule has 0 spiro atoms. The molecule has 0 aromatic heterocycles. The Labute approximate surface area is 157 Å². The molecule has 2 heterocycles. The quantitative estimate of drug-likeness (QED) is 0.616. The van der Waals surface area contributed by atoms with Gasteiger partial charge in [-0.2, -0.15) is 0 Å². The van der Waals surface area contributed by atoms with Crippen LogP contribution < -0.4 is 10.6 Å². The standard InChI is InChI=1S/C17H32N4O3.ClH/c1-14-3-4-15(17(23)19-8-12-24-2)13-21(14)9-5-16(22)20-10-6-18-7-11-20;/h14-15,18H,3-13H2,1-2H3,(H,19,23);1H. The molecule has 0 saturated carbocycles. The van der Waals surface area contributed by atoms with E-state index in [1.807, 2.05) is 4.90 Å². The number of nitrogens with zero attached hydrogens (tertiary/aromatic N) is 2. The topological polar surface area (TPSA) is 73.9 Å². The zero-order valence-corrected chi connectivity index (χ0v) is 16.3. The molecule has 146 valence electrons. The van der Waals surface area contributed by atoms with Crippen molar-refractivity contribution in [3.05, 3.63) is 0 Å². The first kappa shape index (κ1) is 22.2. The summed E-state index contributed by atoms with van der Waals surface area (Å²) in [7, 11) is 1.63.